The molecular formula is C12H22N2O. The molecule has 0 radical (unpaired) electrons. The van der Waals surface area contributed by atoms with E-state index in [0.29, 0.717) is 0 Å². The average Bonchev–Trinajstić information content (AvgIpc) is 2.45. The van der Waals surface area contributed by atoms with Crippen molar-refractivity contribution in [1.82, 2.24) is 5.32 Å². The van der Waals surface area contributed by atoms with Crippen molar-refractivity contribution in [2.45, 2.75) is 51.5 Å². The Morgan fingerprint density at radius 3 is 2.60 bits per heavy atom. The fraction of sp³-hybridized carbons (Fsp3) is 0.917. The van der Waals surface area contributed by atoms with Gasteiger partial charge in [-0.2, -0.15) is 0 Å². The molecule has 2 aliphatic carbocycles. The van der Waals surface area contributed by atoms with Crippen molar-refractivity contribution in [2.75, 3.05) is 6.54 Å². The van der Waals surface area contributed by atoms with Gasteiger partial charge in [-0.15, -0.1) is 0 Å². The maximum Gasteiger partial charge on any atom is 0.227 e. The van der Waals surface area contributed by atoms with Gasteiger partial charge in [0.15, 0.2) is 0 Å². The highest BCUT2D eigenvalue weighted by Crippen LogP contribution is 2.37. The number of carbonyl (C=O) groups excluding carboxylic acids is 1. The van der Waals surface area contributed by atoms with Crippen molar-refractivity contribution in [3.8, 4) is 0 Å². The molecule has 0 saturated heterocycles. The van der Waals surface area contributed by atoms with Gasteiger partial charge in [0, 0.05) is 12.6 Å². The molecule has 0 aromatic heterocycles. The molecule has 2 saturated carbocycles. The molecule has 15 heavy (non-hydrogen) atoms. The Morgan fingerprint density at radius 2 is 2.13 bits per heavy atom. The standard InChI is InChI=1S/C12H22N2O/c1-12(7-3-6-10(12)13)11(15)14-8-9-4-2-5-9/h9-10H,2-8,13H2,1H3,(H,14,15). The zero-order valence-electron chi connectivity index (χ0n) is 9.59. The van der Waals surface area contributed by atoms with E-state index in [-0.39, 0.29) is 17.4 Å². The zero-order chi connectivity index (χ0) is 10.9. The largest absolute Gasteiger partial charge is 0.355 e. The van der Waals surface area contributed by atoms with Gasteiger partial charge in [-0.3, -0.25) is 4.79 Å². The SMILES string of the molecule is CC1(C(=O)NCC2CCC2)CCCC1N. The fourth-order valence-corrected chi connectivity index (χ4v) is 2.61. The first-order valence-corrected chi connectivity index (χ1v) is 6.17. The molecular weight excluding hydrogens is 188 g/mol. The molecule has 3 nitrogen and oxygen atoms in total. The summed E-state index contributed by atoms with van der Waals surface area (Å²) in [6, 6.07) is 0.0545. The predicted molar refractivity (Wildman–Crippen MR) is 60.3 cm³/mol. The minimum atomic E-state index is -0.302. The summed E-state index contributed by atoms with van der Waals surface area (Å²) in [5.74, 6) is 0.912. The molecule has 86 valence electrons. The van der Waals surface area contributed by atoms with E-state index in [2.05, 4.69) is 5.32 Å². The summed E-state index contributed by atoms with van der Waals surface area (Å²) in [6.45, 7) is 2.88. The predicted octanol–water partition coefficient (Wildman–Crippen LogP) is 1.42. The molecule has 0 heterocycles. The topological polar surface area (TPSA) is 55.1 Å². The normalized spacial score (nSPS) is 36.3. The van der Waals surface area contributed by atoms with Gasteiger partial charge in [-0.05, 0) is 38.5 Å². The number of carbonyl (C=O) groups is 1. The van der Waals surface area contributed by atoms with Crippen LogP contribution in [0.25, 0.3) is 0 Å². The first-order valence-electron chi connectivity index (χ1n) is 6.17. The van der Waals surface area contributed by atoms with Crippen LogP contribution in [-0.2, 0) is 4.79 Å². The number of hydrogen-bond acceptors (Lipinski definition) is 2. The number of nitrogens with two attached hydrogens (primary N) is 1. The number of rotatable bonds is 3. The molecule has 2 fully saturated rings. The molecule has 0 aliphatic heterocycles. The molecule has 3 heteroatoms. The Kier molecular flexibility index (Phi) is 3.01. The van der Waals surface area contributed by atoms with Crippen LogP contribution in [0.3, 0.4) is 0 Å². The summed E-state index contributed by atoms with van der Waals surface area (Å²) in [5, 5.41) is 3.08. The van der Waals surface area contributed by atoms with Crippen molar-refractivity contribution >= 4 is 5.91 Å². The molecule has 2 rings (SSSR count). The van der Waals surface area contributed by atoms with Crippen LogP contribution in [0.4, 0.5) is 0 Å². The third kappa shape index (κ3) is 2.03. The lowest BCUT2D eigenvalue weighted by atomic mass is 9.82. The minimum absolute atomic E-state index is 0.0545. The smallest absolute Gasteiger partial charge is 0.227 e. The second-order valence-electron chi connectivity index (χ2n) is 5.42. The summed E-state index contributed by atoms with van der Waals surface area (Å²) in [4.78, 5) is 12.0. The Balaban J connectivity index is 1.83. The Morgan fingerprint density at radius 1 is 1.40 bits per heavy atom. The van der Waals surface area contributed by atoms with Crippen molar-refractivity contribution in [3.63, 3.8) is 0 Å². The molecule has 2 atom stereocenters. The van der Waals surface area contributed by atoms with Gasteiger partial charge in [0.05, 0.1) is 5.41 Å². The second kappa shape index (κ2) is 4.12. The molecule has 0 aromatic carbocycles. The minimum Gasteiger partial charge on any atom is -0.355 e. The molecule has 2 aliphatic rings. The van der Waals surface area contributed by atoms with Gasteiger partial charge in [-0.25, -0.2) is 0 Å². The Labute approximate surface area is 91.8 Å². The van der Waals surface area contributed by atoms with Gasteiger partial charge in [-0.1, -0.05) is 12.8 Å². The van der Waals surface area contributed by atoms with Crippen LogP contribution in [0.5, 0.6) is 0 Å². The summed E-state index contributed by atoms with van der Waals surface area (Å²) < 4.78 is 0. The lowest BCUT2D eigenvalue weighted by Gasteiger charge is -2.31. The van der Waals surface area contributed by atoms with Crippen molar-refractivity contribution in [3.05, 3.63) is 0 Å². The van der Waals surface area contributed by atoms with Crippen LogP contribution in [0.1, 0.15) is 45.4 Å². The van der Waals surface area contributed by atoms with Crippen LogP contribution in [0, 0.1) is 11.3 Å². The summed E-state index contributed by atoms with van der Waals surface area (Å²) in [6.07, 6.45) is 6.93. The van der Waals surface area contributed by atoms with Crippen molar-refractivity contribution in [2.24, 2.45) is 17.1 Å². The van der Waals surface area contributed by atoms with Crippen LogP contribution in [-0.4, -0.2) is 18.5 Å². The van der Waals surface area contributed by atoms with Crippen LogP contribution in [0.2, 0.25) is 0 Å². The summed E-state index contributed by atoms with van der Waals surface area (Å²) in [5.41, 5.74) is 5.70. The third-order valence-corrected chi connectivity index (χ3v) is 4.32. The average molecular weight is 210 g/mol. The van der Waals surface area contributed by atoms with Gasteiger partial charge in [0.25, 0.3) is 0 Å². The van der Waals surface area contributed by atoms with Crippen molar-refractivity contribution < 1.29 is 4.79 Å². The maximum absolute atomic E-state index is 12.0. The van der Waals surface area contributed by atoms with E-state index in [1.54, 1.807) is 0 Å². The lowest BCUT2D eigenvalue weighted by Crippen LogP contribution is -2.48. The first kappa shape index (κ1) is 10.9. The maximum atomic E-state index is 12.0. The Hall–Kier alpha value is -0.570. The second-order valence-corrected chi connectivity index (χ2v) is 5.42. The van der Waals surface area contributed by atoms with E-state index in [4.69, 9.17) is 5.73 Å². The van der Waals surface area contributed by atoms with E-state index in [0.717, 1.165) is 31.7 Å². The number of hydrogen-bond donors (Lipinski definition) is 2. The monoisotopic (exact) mass is 210 g/mol. The molecule has 2 unspecified atom stereocenters. The third-order valence-electron chi connectivity index (χ3n) is 4.32. The highest BCUT2D eigenvalue weighted by atomic mass is 16.2. The van der Waals surface area contributed by atoms with E-state index >= 15 is 0 Å². The first-order chi connectivity index (χ1) is 7.13. The highest BCUT2D eigenvalue weighted by molar-refractivity contribution is 5.83. The molecule has 0 aromatic rings. The van der Waals surface area contributed by atoms with Crippen LogP contribution >= 0.6 is 0 Å². The molecule has 0 bridgehead atoms. The summed E-state index contributed by atoms with van der Waals surface area (Å²) >= 11 is 0. The molecule has 3 N–H and O–H groups in total. The van der Waals surface area contributed by atoms with E-state index < -0.39 is 0 Å². The lowest BCUT2D eigenvalue weighted by molar-refractivity contribution is -0.130. The van der Waals surface area contributed by atoms with E-state index in [9.17, 15) is 4.79 Å². The highest BCUT2D eigenvalue weighted by Gasteiger charge is 2.42. The van der Waals surface area contributed by atoms with Gasteiger partial charge in [0.2, 0.25) is 5.91 Å². The zero-order valence-corrected chi connectivity index (χ0v) is 9.59. The fourth-order valence-electron chi connectivity index (χ4n) is 2.61. The Bertz CT molecular complexity index is 250. The van der Waals surface area contributed by atoms with Crippen molar-refractivity contribution in [1.29, 1.82) is 0 Å². The van der Waals surface area contributed by atoms with E-state index in [1.165, 1.54) is 19.3 Å². The molecule has 0 spiro atoms. The van der Waals surface area contributed by atoms with Gasteiger partial charge >= 0.3 is 0 Å². The van der Waals surface area contributed by atoms with Gasteiger partial charge < -0.3 is 11.1 Å². The number of nitrogens with one attached hydrogen (secondary N) is 1. The summed E-state index contributed by atoms with van der Waals surface area (Å²) in [7, 11) is 0. The quantitative estimate of drug-likeness (QED) is 0.740. The molecule has 1 amide bonds. The number of amides is 1. The van der Waals surface area contributed by atoms with Crippen LogP contribution < -0.4 is 11.1 Å². The van der Waals surface area contributed by atoms with Gasteiger partial charge in [0.1, 0.15) is 0 Å². The van der Waals surface area contributed by atoms with E-state index in [1.807, 2.05) is 6.92 Å². The van der Waals surface area contributed by atoms with Crippen LogP contribution in [0.15, 0.2) is 0 Å².